The zero-order valence-corrected chi connectivity index (χ0v) is 23.7. The van der Waals surface area contributed by atoms with Gasteiger partial charge >= 0.3 is 0 Å². The van der Waals surface area contributed by atoms with Gasteiger partial charge in [-0.1, -0.05) is 64.2 Å². The Morgan fingerprint density at radius 2 is 1.97 bits per heavy atom. The monoisotopic (exact) mass is 521 g/mol. The van der Waals surface area contributed by atoms with Crippen molar-refractivity contribution in [2.24, 2.45) is 22.7 Å². The summed E-state index contributed by atoms with van der Waals surface area (Å²) in [6.07, 6.45) is 18.2. The van der Waals surface area contributed by atoms with E-state index in [-0.39, 0.29) is 16.2 Å². The van der Waals surface area contributed by atoms with Gasteiger partial charge in [-0.05, 0) is 91.6 Å². The minimum absolute atomic E-state index is 0.0431. The Kier molecular flexibility index (Phi) is 7.43. The Bertz CT molecular complexity index is 1140. The summed E-state index contributed by atoms with van der Waals surface area (Å²) in [6.45, 7) is 13.3. The molecule has 0 bridgehead atoms. The molecule has 4 fully saturated rings. The molecule has 4 aliphatic carbocycles. The first-order chi connectivity index (χ1) is 18.0. The molecule has 38 heavy (non-hydrogen) atoms. The maximum absolute atomic E-state index is 11.2. The molecule has 6 atom stereocenters. The largest absolute Gasteiger partial charge is 0.448 e. The highest BCUT2D eigenvalue weighted by Crippen LogP contribution is 2.62. The van der Waals surface area contributed by atoms with Gasteiger partial charge in [-0.3, -0.25) is 0 Å². The highest BCUT2D eigenvalue weighted by Gasteiger charge is 2.55. The lowest BCUT2D eigenvalue weighted by molar-refractivity contribution is 0.0705. The van der Waals surface area contributed by atoms with Crippen LogP contribution in [0.2, 0.25) is 0 Å². The number of allylic oxidation sites excluding steroid dienone is 4. The molecule has 5 heteroatoms. The summed E-state index contributed by atoms with van der Waals surface area (Å²) in [6, 6.07) is 0. The van der Waals surface area contributed by atoms with Crippen molar-refractivity contribution in [3.63, 3.8) is 0 Å². The van der Waals surface area contributed by atoms with Gasteiger partial charge in [0.25, 0.3) is 0 Å². The molecule has 4 saturated carbocycles. The van der Waals surface area contributed by atoms with Crippen molar-refractivity contribution in [3.05, 3.63) is 65.5 Å². The summed E-state index contributed by atoms with van der Waals surface area (Å²) < 4.78 is 5.77. The van der Waals surface area contributed by atoms with E-state index in [4.69, 9.17) is 4.42 Å². The van der Waals surface area contributed by atoms with E-state index in [0.717, 1.165) is 42.5 Å². The molecular formula is C33H47NO4. The third-order valence-electron chi connectivity index (χ3n) is 10.5. The van der Waals surface area contributed by atoms with Crippen LogP contribution in [0.3, 0.4) is 0 Å². The Morgan fingerprint density at radius 1 is 1.21 bits per heavy atom. The van der Waals surface area contributed by atoms with E-state index in [1.165, 1.54) is 31.3 Å². The fraction of sp³-hybridized carbons (Fsp3) is 0.667. The van der Waals surface area contributed by atoms with Crippen molar-refractivity contribution >= 4 is 0 Å². The minimum Gasteiger partial charge on any atom is -0.448 e. The van der Waals surface area contributed by atoms with Gasteiger partial charge < -0.3 is 19.7 Å². The SMILES string of the molecule is C=C1C(=CC=C2CCC[C@]3(C)[C@@H](C(C)(C)C=C[C@H](O)C4(c5nc(CC)co5)CC4)CC[C@@H]23)C[C@@H](O)C[C@@H]1O. The number of aromatic nitrogens is 1. The van der Waals surface area contributed by atoms with Crippen LogP contribution in [0.4, 0.5) is 0 Å². The maximum Gasteiger partial charge on any atom is 0.203 e. The third-order valence-corrected chi connectivity index (χ3v) is 10.5. The number of nitrogens with zero attached hydrogens (tertiary/aromatic N) is 1. The van der Waals surface area contributed by atoms with Gasteiger partial charge in [0.2, 0.25) is 5.89 Å². The zero-order valence-electron chi connectivity index (χ0n) is 23.7. The van der Waals surface area contributed by atoms with Crippen LogP contribution in [-0.2, 0) is 11.8 Å². The van der Waals surface area contributed by atoms with Crippen LogP contribution >= 0.6 is 0 Å². The number of fused-ring (bicyclic) bond motifs is 1. The van der Waals surface area contributed by atoms with Crippen molar-refractivity contribution in [3.8, 4) is 0 Å². The highest BCUT2D eigenvalue weighted by atomic mass is 16.3. The predicted octanol–water partition coefficient (Wildman–Crippen LogP) is 6.35. The van der Waals surface area contributed by atoms with E-state index in [9.17, 15) is 15.3 Å². The molecule has 1 aromatic heterocycles. The Labute approximate surface area is 228 Å². The molecule has 1 aromatic rings. The molecule has 5 rings (SSSR count). The molecule has 208 valence electrons. The maximum atomic E-state index is 11.2. The molecule has 0 amide bonds. The molecule has 3 N–H and O–H groups in total. The summed E-state index contributed by atoms with van der Waals surface area (Å²) in [7, 11) is 0. The third kappa shape index (κ3) is 4.91. The molecule has 4 aliphatic rings. The lowest BCUT2D eigenvalue weighted by Gasteiger charge is -2.47. The van der Waals surface area contributed by atoms with E-state index < -0.39 is 18.3 Å². The molecule has 0 unspecified atom stereocenters. The number of hydrogen-bond donors (Lipinski definition) is 3. The summed E-state index contributed by atoms with van der Waals surface area (Å²) in [5, 5.41) is 31.6. The number of aryl methyl sites for hydroxylation is 1. The summed E-state index contributed by atoms with van der Waals surface area (Å²) in [5.41, 5.74) is 3.99. The van der Waals surface area contributed by atoms with Crippen molar-refractivity contribution in [2.45, 2.75) is 116 Å². The van der Waals surface area contributed by atoms with Gasteiger partial charge in [0.15, 0.2) is 0 Å². The number of oxazole rings is 1. The molecule has 0 aliphatic heterocycles. The topological polar surface area (TPSA) is 86.7 Å². The Balaban J connectivity index is 1.32. The Hall–Kier alpha value is -1.95. The number of aliphatic hydroxyl groups excluding tert-OH is 3. The highest BCUT2D eigenvalue weighted by molar-refractivity contribution is 5.39. The average molecular weight is 522 g/mol. The Morgan fingerprint density at radius 3 is 2.66 bits per heavy atom. The number of hydrogen-bond acceptors (Lipinski definition) is 5. The lowest BCUT2D eigenvalue weighted by Crippen LogP contribution is -2.39. The molecule has 5 nitrogen and oxygen atoms in total. The number of rotatable bonds is 7. The van der Waals surface area contributed by atoms with Crippen molar-refractivity contribution < 1.29 is 19.7 Å². The van der Waals surface area contributed by atoms with E-state index in [0.29, 0.717) is 30.6 Å². The van der Waals surface area contributed by atoms with Crippen LogP contribution in [0.5, 0.6) is 0 Å². The van der Waals surface area contributed by atoms with Crippen molar-refractivity contribution in [1.82, 2.24) is 4.98 Å². The first-order valence-corrected chi connectivity index (χ1v) is 14.8. The van der Waals surface area contributed by atoms with Crippen LogP contribution in [0, 0.1) is 22.7 Å². The molecular weight excluding hydrogens is 474 g/mol. The standard InChI is InChI=1S/C33H47NO4/c1-6-24-20-38-30(34-24)33(16-17-33)29(37)13-15-31(3,4)28-12-11-26-22(8-7-14-32(26,28)5)9-10-23-18-25(35)19-27(36)21(23)2/h9-10,13,15,20,25-29,35-37H,2,6-8,11-12,14,16-19H2,1,3-5H3/t25-,26+,27+,28-,29+,32+/m1/s1. The van der Waals surface area contributed by atoms with Gasteiger partial charge in [0.1, 0.15) is 6.26 Å². The fourth-order valence-electron chi connectivity index (χ4n) is 8.04. The lowest BCUT2D eigenvalue weighted by atomic mass is 9.57. The van der Waals surface area contributed by atoms with Crippen molar-refractivity contribution in [2.75, 3.05) is 0 Å². The van der Waals surface area contributed by atoms with Gasteiger partial charge in [-0.15, -0.1) is 0 Å². The van der Waals surface area contributed by atoms with Crippen LogP contribution in [0.25, 0.3) is 0 Å². The van der Waals surface area contributed by atoms with Crippen molar-refractivity contribution in [1.29, 1.82) is 0 Å². The van der Waals surface area contributed by atoms with E-state index in [1.807, 2.05) is 6.08 Å². The summed E-state index contributed by atoms with van der Waals surface area (Å²) in [5.74, 6) is 1.75. The minimum atomic E-state index is -0.647. The first-order valence-electron chi connectivity index (χ1n) is 14.8. The smallest absolute Gasteiger partial charge is 0.203 e. The fourth-order valence-corrected chi connectivity index (χ4v) is 8.04. The van der Waals surface area contributed by atoms with Gasteiger partial charge in [-0.2, -0.15) is 0 Å². The quantitative estimate of drug-likeness (QED) is 0.364. The van der Waals surface area contributed by atoms with E-state index >= 15 is 0 Å². The predicted molar refractivity (Wildman–Crippen MR) is 150 cm³/mol. The van der Waals surface area contributed by atoms with Crippen LogP contribution < -0.4 is 0 Å². The second-order valence-corrected chi connectivity index (χ2v) is 13.4. The van der Waals surface area contributed by atoms with Gasteiger partial charge in [0.05, 0.1) is 29.4 Å². The summed E-state index contributed by atoms with van der Waals surface area (Å²) >= 11 is 0. The van der Waals surface area contributed by atoms with Crippen LogP contribution in [0.1, 0.15) is 97.1 Å². The normalized spacial score (nSPS) is 36.2. The van der Waals surface area contributed by atoms with E-state index in [1.54, 1.807) is 6.26 Å². The average Bonchev–Trinajstić information content (AvgIpc) is 3.38. The second-order valence-electron chi connectivity index (χ2n) is 13.4. The zero-order chi connectivity index (χ0) is 27.3. The molecule has 0 radical (unpaired) electrons. The van der Waals surface area contributed by atoms with Crippen LogP contribution in [-0.4, -0.2) is 38.6 Å². The van der Waals surface area contributed by atoms with Crippen LogP contribution in [0.15, 0.2) is 58.3 Å². The summed E-state index contributed by atoms with van der Waals surface area (Å²) in [4.78, 5) is 4.64. The first kappa shape index (κ1) is 27.6. The second kappa shape index (κ2) is 10.2. The molecule has 0 saturated heterocycles. The molecule has 0 aromatic carbocycles. The molecule has 0 spiro atoms. The van der Waals surface area contributed by atoms with Gasteiger partial charge in [-0.25, -0.2) is 4.98 Å². The van der Waals surface area contributed by atoms with Gasteiger partial charge in [0, 0.05) is 6.42 Å². The molecule has 1 heterocycles. The van der Waals surface area contributed by atoms with E-state index in [2.05, 4.69) is 57.5 Å². The number of aliphatic hydroxyl groups is 3.